The van der Waals surface area contributed by atoms with Crippen LogP contribution in [0.15, 0.2) is 24.5 Å². The van der Waals surface area contributed by atoms with Gasteiger partial charge in [0.1, 0.15) is 5.65 Å². The number of thioether (sulfide) groups is 1. The minimum Gasteiger partial charge on any atom is -0.379 e. The van der Waals surface area contributed by atoms with Gasteiger partial charge in [0, 0.05) is 18.1 Å². The minimum absolute atomic E-state index is 0.128. The fourth-order valence-electron chi connectivity index (χ4n) is 1.36. The third kappa shape index (κ3) is 2.30. The van der Waals surface area contributed by atoms with E-state index in [0.717, 1.165) is 11.3 Å². The standard InChI is InChI=1S/C10H12N4S/c1-7-2-3-14-5-8(6-15-10(11)12)13-9(14)4-7/h2-5H,6H2,1H3,(H3,11,12). The molecular weight excluding hydrogens is 208 g/mol. The fourth-order valence-corrected chi connectivity index (χ4v) is 1.80. The molecule has 0 radical (unpaired) electrons. The van der Waals surface area contributed by atoms with Crippen LogP contribution in [0.3, 0.4) is 0 Å². The number of hydrogen-bond acceptors (Lipinski definition) is 3. The van der Waals surface area contributed by atoms with Gasteiger partial charge in [-0.3, -0.25) is 5.41 Å². The van der Waals surface area contributed by atoms with Crippen molar-refractivity contribution < 1.29 is 0 Å². The topological polar surface area (TPSA) is 67.2 Å². The molecule has 0 bridgehead atoms. The van der Waals surface area contributed by atoms with Crippen LogP contribution in [0.25, 0.3) is 5.65 Å². The summed E-state index contributed by atoms with van der Waals surface area (Å²) in [6, 6.07) is 4.07. The quantitative estimate of drug-likeness (QED) is 0.598. The second kappa shape index (κ2) is 3.94. The molecule has 0 saturated carbocycles. The van der Waals surface area contributed by atoms with Gasteiger partial charge in [0.25, 0.3) is 0 Å². The lowest BCUT2D eigenvalue weighted by Crippen LogP contribution is -2.03. The molecule has 0 saturated heterocycles. The molecule has 0 aliphatic rings. The Balaban J connectivity index is 2.27. The van der Waals surface area contributed by atoms with Gasteiger partial charge in [-0.05, 0) is 24.6 Å². The third-order valence-corrected chi connectivity index (χ3v) is 2.79. The molecule has 2 aromatic rings. The molecule has 0 aromatic carbocycles. The molecule has 15 heavy (non-hydrogen) atoms. The van der Waals surface area contributed by atoms with Crippen LogP contribution in [0.2, 0.25) is 0 Å². The Kier molecular flexibility index (Phi) is 2.64. The van der Waals surface area contributed by atoms with Gasteiger partial charge in [0.15, 0.2) is 5.17 Å². The Hall–Kier alpha value is -1.49. The number of fused-ring (bicyclic) bond motifs is 1. The van der Waals surface area contributed by atoms with Crippen molar-refractivity contribution in [2.45, 2.75) is 12.7 Å². The Morgan fingerprint density at radius 3 is 3.20 bits per heavy atom. The van der Waals surface area contributed by atoms with Crippen molar-refractivity contribution in [1.29, 1.82) is 5.41 Å². The van der Waals surface area contributed by atoms with E-state index in [0.29, 0.717) is 5.75 Å². The number of aryl methyl sites for hydroxylation is 1. The van der Waals surface area contributed by atoms with Crippen LogP contribution < -0.4 is 5.73 Å². The van der Waals surface area contributed by atoms with Gasteiger partial charge in [-0.1, -0.05) is 11.8 Å². The normalized spacial score (nSPS) is 10.7. The smallest absolute Gasteiger partial charge is 0.151 e. The second-order valence-corrected chi connectivity index (χ2v) is 4.37. The lowest BCUT2D eigenvalue weighted by molar-refractivity contribution is 1.17. The van der Waals surface area contributed by atoms with Crippen molar-refractivity contribution in [1.82, 2.24) is 9.38 Å². The van der Waals surface area contributed by atoms with Crippen LogP contribution in [-0.4, -0.2) is 14.6 Å². The van der Waals surface area contributed by atoms with Crippen molar-refractivity contribution in [3.63, 3.8) is 0 Å². The molecule has 0 atom stereocenters. The highest BCUT2D eigenvalue weighted by molar-refractivity contribution is 8.13. The summed E-state index contributed by atoms with van der Waals surface area (Å²) < 4.78 is 1.98. The van der Waals surface area contributed by atoms with Gasteiger partial charge in [-0.15, -0.1) is 0 Å². The first-order chi connectivity index (χ1) is 7.15. The number of hydrogen-bond donors (Lipinski definition) is 2. The Labute approximate surface area is 92.0 Å². The number of aromatic nitrogens is 2. The summed E-state index contributed by atoms with van der Waals surface area (Å²) in [6.07, 6.45) is 3.95. The molecule has 78 valence electrons. The van der Waals surface area contributed by atoms with E-state index in [1.807, 2.05) is 35.9 Å². The van der Waals surface area contributed by atoms with Gasteiger partial charge in [-0.2, -0.15) is 0 Å². The zero-order valence-corrected chi connectivity index (χ0v) is 9.21. The Morgan fingerprint density at radius 2 is 2.47 bits per heavy atom. The first kappa shape index (κ1) is 10.0. The maximum Gasteiger partial charge on any atom is 0.151 e. The molecule has 0 aliphatic carbocycles. The molecule has 3 N–H and O–H groups in total. The highest BCUT2D eigenvalue weighted by Gasteiger charge is 2.02. The predicted molar refractivity (Wildman–Crippen MR) is 63.1 cm³/mol. The molecule has 0 spiro atoms. The molecule has 0 aliphatic heterocycles. The molecular formula is C10H12N4S. The van der Waals surface area contributed by atoms with Crippen LogP contribution in [0.4, 0.5) is 0 Å². The Bertz CT molecular complexity index is 503. The van der Waals surface area contributed by atoms with E-state index in [-0.39, 0.29) is 5.17 Å². The van der Waals surface area contributed by atoms with E-state index < -0.39 is 0 Å². The number of amidine groups is 1. The maximum atomic E-state index is 7.12. The molecule has 0 fully saturated rings. The zero-order chi connectivity index (χ0) is 10.8. The summed E-state index contributed by atoms with van der Waals surface area (Å²) in [5.74, 6) is 0.649. The van der Waals surface area contributed by atoms with Crippen molar-refractivity contribution in [2.75, 3.05) is 0 Å². The molecule has 4 nitrogen and oxygen atoms in total. The largest absolute Gasteiger partial charge is 0.379 e. The van der Waals surface area contributed by atoms with Crippen LogP contribution in [0.5, 0.6) is 0 Å². The summed E-state index contributed by atoms with van der Waals surface area (Å²) >= 11 is 1.29. The first-order valence-corrected chi connectivity index (χ1v) is 5.55. The van der Waals surface area contributed by atoms with Crippen molar-refractivity contribution in [3.05, 3.63) is 35.8 Å². The van der Waals surface area contributed by atoms with Gasteiger partial charge >= 0.3 is 0 Å². The average molecular weight is 220 g/mol. The first-order valence-electron chi connectivity index (χ1n) is 4.56. The van der Waals surface area contributed by atoms with Crippen molar-refractivity contribution in [2.24, 2.45) is 5.73 Å². The molecule has 0 amide bonds. The summed E-state index contributed by atoms with van der Waals surface area (Å²) in [7, 11) is 0. The summed E-state index contributed by atoms with van der Waals surface area (Å²) in [4.78, 5) is 4.44. The highest BCUT2D eigenvalue weighted by Crippen LogP contribution is 2.13. The van der Waals surface area contributed by atoms with Crippen LogP contribution in [0, 0.1) is 12.3 Å². The predicted octanol–water partition coefficient (Wildman–Crippen LogP) is 1.77. The van der Waals surface area contributed by atoms with Gasteiger partial charge < -0.3 is 10.1 Å². The fraction of sp³-hybridized carbons (Fsp3) is 0.200. The van der Waals surface area contributed by atoms with E-state index in [4.69, 9.17) is 11.1 Å². The van der Waals surface area contributed by atoms with Crippen molar-refractivity contribution >= 4 is 22.6 Å². The number of rotatable bonds is 2. The molecule has 2 rings (SSSR count). The Morgan fingerprint density at radius 1 is 1.67 bits per heavy atom. The number of nitrogens with zero attached hydrogens (tertiary/aromatic N) is 2. The second-order valence-electron chi connectivity index (χ2n) is 3.35. The maximum absolute atomic E-state index is 7.12. The lowest BCUT2D eigenvalue weighted by Gasteiger charge is -1.92. The summed E-state index contributed by atoms with van der Waals surface area (Å²) in [6.45, 7) is 2.04. The molecule has 5 heteroatoms. The number of pyridine rings is 1. The minimum atomic E-state index is 0.128. The summed E-state index contributed by atoms with van der Waals surface area (Å²) in [5, 5.41) is 7.25. The van der Waals surface area contributed by atoms with Gasteiger partial charge in [0.2, 0.25) is 0 Å². The van der Waals surface area contributed by atoms with E-state index in [2.05, 4.69) is 4.98 Å². The summed E-state index contributed by atoms with van der Waals surface area (Å²) in [5.41, 5.74) is 8.35. The molecule has 0 unspecified atom stereocenters. The van der Waals surface area contributed by atoms with Gasteiger partial charge in [-0.25, -0.2) is 4.98 Å². The SMILES string of the molecule is Cc1ccn2cc(CSC(=N)N)nc2c1. The van der Waals surface area contributed by atoms with Crippen LogP contribution in [-0.2, 0) is 5.75 Å². The van der Waals surface area contributed by atoms with Gasteiger partial charge in [0.05, 0.1) is 5.69 Å². The number of nitrogens with one attached hydrogen (secondary N) is 1. The monoisotopic (exact) mass is 220 g/mol. The van der Waals surface area contributed by atoms with E-state index in [1.165, 1.54) is 17.3 Å². The molecule has 2 aromatic heterocycles. The lowest BCUT2D eigenvalue weighted by atomic mass is 10.3. The molecule has 2 heterocycles. The van der Waals surface area contributed by atoms with E-state index in [9.17, 15) is 0 Å². The zero-order valence-electron chi connectivity index (χ0n) is 8.40. The van der Waals surface area contributed by atoms with E-state index in [1.54, 1.807) is 0 Å². The number of nitrogens with two attached hydrogens (primary N) is 1. The average Bonchev–Trinajstić information content (AvgIpc) is 2.56. The number of imidazole rings is 1. The van der Waals surface area contributed by atoms with Crippen molar-refractivity contribution in [3.8, 4) is 0 Å². The van der Waals surface area contributed by atoms with Crippen LogP contribution >= 0.6 is 11.8 Å². The van der Waals surface area contributed by atoms with Crippen LogP contribution in [0.1, 0.15) is 11.3 Å². The van der Waals surface area contributed by atoms with E-state index >= 15 is 0 Å². The highest BCUT2D eigenvalue weighted by atomic mass is 32.2. The third-order valence-electron chi connectivity index (χ3n) is 2.04.